The fourth-order valence-corrected chi connectivity index (χ4v) is 7.45. The zero-order valence-electron chi connectivity index (χ0n) is 44.1. The largest absolute Gasteiger partial charge is 0.462 e. The van der Waals surface area contributed by atoms with E-state index in [-0.39, 0.29) is 31.6 Å². The summed E-state index contributed by atoms with van der Waals surface area (Å²) < 4.78 is 16.6. The van der Waals surface area contributed by atoms with E-state index in [9.17, 15) is 14.4 Å². The van der Waals surface area contributed by atoms with Gasteiger partial charge in [-0.25, -0.2) is 0 Å². The predicted octanol–water partition coefficient (Wildman–Crippen LogP) is 18.7. The molecular weight excluding hydrogens is 841 g/mol. The van der Waals surface area contributed by atoms with Crippen LogP contribution in [0.4, 0.5) is 0 Å². The van der Waals surface area contributed by atoms with Crippen LogP contribution in [0.3, 0.4) is 0 Å². The Morgan fingerprint density at radius 3 is 0.971 bits per heavy atom. The lowest BCUT2D eigenvalue weighted by atomic mass is 10.0. The number of rotatable bonds is 49. The Kier molecular flexibility index (Phi) is 52.4. The van der Waals surface area contributed by atoms with E-state index in [1.807, 2.05) is 6.08 Å². The molecule has 0 saturated carbocycles. The molecule has 6 heteroatoms. The number of hydrogen-bond donors (Lipinski definition) is 0. The van der Waals surface area contributed by atoms with E-state index in [0.717, 1.165) is 96.3 Å². The molecule has 0 aliphatic heterocycles. The molecule has 0 aromatic rings. The monoisotopic (exact) mass is 943 g/mol. The van der Waals surface area contributed by atoms with Gasteiger partial charge in [0.05, 0.1) is 6.42 Å². The van der Waals surface area contributed by atoms with Gasteiger partial charge in [0.25, 0.3) is 0 Å². The molecule has 0 spiro atoms. The van der Waals surface area contributed by atoms with Crippen LogP contribution in [0, 0.1) is 0 Å². The lowest BCUT2D eigenvalue weighted by Gasteiger charge is -2.18. The molecular formula is C62H102O6. The molecule has 0 saturated heterocycles. The minimum absolute atomic E-state index is 0.0962. The molecule has 0 heterocycles. The van der Waals surface area contributed by atoms with Crippen LogP contribution in [0.1, 0.15) is 245 Å². The average molecular weight is 943 g/mol. The second-order valence-electron chi connectivity index (χ2n) is 18.1. The zero-order chi connectivity index (χ0) is 49.3. The SMILES string of the molecule is CC/C=C\C/C=C\C/C=C\C/C=C\C/C=C\CC(=O)OC(COC(=O)CCCCCCCC)COC(=O)CCCCCCCCCCCCCCCCCC/C=C\C/C=C\C/C=C\C/C=C\CC. The summed E-state index contributed by atoms with van der Waals surface area (Å²) in [7, 11) is 0. The van der Waals surface area contributed by atoms with E-state index < -0.39 is 12.1 Å². The number of unbranched alkanes of at least 4 members (excludes halogenated alkanes) is 21. The van der Waals surface area contributed by atoms with Gasteiger partial charge >= 0.3 is 17.9 Å². The third-order valence-electron chi connectivity index (χ3n) is 11.6. The molecule has 1 atom stereocenters. The van der Waals surface area contributed by atoms with Crippen molar-refractivity contribution in [2.45, 2.75) is 252 Å². The summed E-state index contributed by atoms with van der Waals surface area (Å²) in [5.74, 6) is -1.06. The van der Waals surface area contributed by atoms with Gasteiger partial charge in [-0.15, -0.1) is 0 Å². The minimum atomic E-state index is -0.828. The quantitative estimate of drug-likeness (QED) is 0.0262. The molecule has 386 valence electrons. The summed E-state index contributed by atoms with van der Waals surface area (Å²) in [6, 6.07) is 0. The first-order valence-corrected chi connectivity index (χ1v) is 27.9. The number of carbonyl (C=O) groups excluding carboxylic acids is 3. The molecule has 68 heavy (non-hydrogen) atoms. The Hall–Kier alpha value is -3.93. The van der Waals surface area contributed by atoms with Crippen LogP contribution in [-0.4, -0.2) is 37.2 Å². The number of allylic oxidation sites excluding steroid dienone is 17. The van der Waals surface area contributed by atoms with Gasteiger partial charge in [-0.3, -0.25) is 14.4 Å². The smallest absolute Gasteiger partial charge is 0.310 e. The zero-order valence-corrected chi connectivity index (χ0v) is 44.1. The molecule has 6 nitrogen and oxygen atoms in total. The van der Waals surface area contributed by atoms with Gasteiger partial charge in [-0.05, 0) is 83.5 Å². The van der Waals surface area contributed by atoms with Gasteiger partial charge in [0, 0.05) is 12.8 Å². The molecule has 0 rings (SSSR count). The Bertz CT molecular complexity index is 1410. The lowest BCUT2D eigenvalue weighted by Crippen LogP contribution is -2.30. The summed E-state index contributed by atoms with van der Waals surface area (Å²) in [6.07, 6.45) is 75.8. The second-order valence-corrected chi connectivity index (χ2v) is 18.1. The normalized spacial score (nSPS) is 12.9. The fraction of sp³-hybridized carbons (Fsp3) is 0.661. The van der Waals surface area contributed by atoms with Crippen molar-refractivity contribution >= 4 is 17.9 Å². The van der Waals surface area contributed by atoms with Crippen molar-refractivity contribution < 1.29 is 28.6 Å². The highest BCUT2D eigenvalue weighted by Crippen LogP contribution is 2.15. The molecule has 0 aliphatic carbocycles. The van der Waals surface area contributed by atoms with Crippen LogP contribution in [0.5, 0.6) is 0 Å². The molecule has 0 aliphatic rings. The van der Waals surface area contributed by atoms with Crippen molar-refractivity contribution in [2.24, 2.45) is 0 Å². The van der Waals surface area contributed by atoms with Crippen LogP contribution < -0.4 is 0 Å². The van der Waals surface area contributed by atoms with E-state index in [1.165, 1.54) is 109 Å². The first-order valence-electron chi connectivity index (χ1n) is 27.9. The Balaban J connectivity index is 4.13. The highest BCUT2D eigenvalue weighted by atomic mass is 16.6. The van der Waals surface area contributed by atoms with Crippen LogP contribution in [0.25, 0.3) is 0 Å². The average Bonchev–Trinajstić information content (AvgIpc) is 3.34. The summed E-state index contributed by atoms with van der Waals surface area (Å²) in [6.45, 7) is 6.26. The summed E-state index contributed by atoms with van der Waals surface area (Å²) in [5, 5.41) is 0. The first kappa shape index (κ1) is 64.1. The third-order valence-corrected chi connectivity index (χ3v) is 11.6. The Morgan fingerprint density at radius 1 is 0.324 bits per heavy atom. The van der Waals surface area contributed by atoms with Gasteiger partial charge in [-0.2, -0.15) is 0 Å². The molecule has 1 unspecified atom stereocenters. The van der Waals surface area contributed by atoms with Crippen molar-refractivity contribution in [2.75, 3.05) is 13.2 Å². The summed E-state index contributed by atoms with van der Waals surface area (Å²) >= 11 is 0. The number of ether oxygens (including phenoxy) is 3. The van der Waals surface area contributed by atoms with E-state index in [4.69, 9.17) is 14.2 Å². The standard InChI is InChI=1S/C62H102O6/c1-4-7-10-13-16-18-20-22-24-25-26-27-28-29-30-31-32-33-34-35-36-37-39-40-42-44-46-49-52-55-61(64)67-58-59(57-66-60(63)54-51-48-15-12-9-6-3)68-62(65)56-53-50-47-45-43-41-38-23-21-19-17-14-11-8-5-2/h7-8,10-11,16-19,22-24,26-27,38,43,45,50,53,59H,4-6,9,12-15,20-21,25,28-37,39-42,44,46-49,51-52,54-58H2,1-3H3/b10-7-,11-8-,18-16-,19-17-,24-22-,27-26-,38-23-,45-43-,53-50-. The van der Waals surface area contributed by atoms with Crippen molar-refractivity contribution in [1.82, 2.24) is 0 Å². The van der Waals surface area contributed by atoms with E-state index >= 15 is 0 Å². The van der Waals surface area contributed by atoms with Crippen molar-refractivity contribution in [3.8, 4) is 0 Å². The van der Waals surface area contributed by atoms with Crippen molar-refractivity contribution in [3.63, 3.8) is 0 Å². The summed E-state index contributed by atoms with van der Waals surface area (Å²) in [5.41, 5.74) is 0. The van der Waals surface area contributed by atoms with Crippen molar-refractivity contribution in [1.29, 1.82) is 0 Å². The number of hydrogen-bond acceptors (Lipinski definition) is 6. The van der Waals surface area contributed by atoms with Gasteiger partial charge in [-0.1, -0.05) is 252 Å². The Morgan fingerprint density at radius 2 is 0.618 bits per heavy atom. The fourth-order valence-electron chi connectivity index (χ4n) is 7.45. The summed E-state index contributed by atoms with van der Waals surface area (Å²) in [4.78, 5) is 37.7. The highest BCUT2D eigenvalue weighted by Gasteiger charge is 2.19. The van der Waals surface area contributed by atoms with Crippen molar-refractivity contribution in [3.05, 3.63) is 109 Å². The predicted molar refractivity (Wildman–Crippen MR) is 293 cm³/mol. The van der Waals surface area contributed by atoms with E-state index in [0.29, 0.717) is 12.8 Å². The van der Waals surface area contributed by atoms with Crippen LogP contribution in [0.2, 0.25) is 0 Å². The van der Waals surface area contributed by atoms with Crippen LogP contribution in [-0.2, 0) is 28.6 Å². The van der Waals surface area contributed by atoms with Gasteiger partial charge in [0.15, 0.2) is 6.10 Å². The molecule has 0 aromatic carbocycles. The van der Waals surface area contributed by atoms with Crippen LogP contribution in [0.15, 0.2) is 109 Å². The maximum Gasteiger partial charge on any atom is 0.310 e. The number of carbonyl (C=O) groups is 3. The van der Waals surface area contributed by atoms with Gasteiger partial charge in [0.2, 0.25) is 0 Å². The van der Waals surface area contributed by atoms with E-state index in [1.54, 1.807) is 6.08 Å². The minimum Gasteiger partial charge on any atom is -0.462 e. The molecule has 0 N–H and O–H groups in total. The lowest BCUT2D eigenvalue weighted by molar-refractivity contribution is -0.166. The molecule has 0 bridgehead atoms. The maximum atomic E-state index is 12.7. The molecule has 0 radical (unpaired) electrons. The highest BCUT2D eigenvalue weighted by molar-refractivity contribution is 5.72. The molecule has 0 amide bonds. The first-order chi connectivity index (χ1) is 33.5. The topological polar surface area (TPSA) is 78.9 Å². The van der Waals surface area contributed by atoms with Gasteiger partial charge < -0.3 is 14.2 Å². The number of esters is 3. The second kappa shape index (κ2) is 55.7. The van der Waals surface area contributed by atoms with Crippen LogP contribution >= 0.6 is 0 Å². The third kappa shape index (κ3) is 53.0. The molecule has 0 fully saturated rings. The van der Waals surface area contributed by atoms with Gasteiger partial charge in [0.1, 0.15) is 13.2 Å². The maximum absolute atomic E-state index is 12.7. The molecule has 0 aromatic heterocycles. The Labute approximate surface area is 419 Å². The van der Waals surface area contributed by atoms with E-state index in [2.05, 4.69) is 118 Å².